The molecule has 1 heterocycles. The Morgan fingerprint density at radius 2 is 1.80 bits per heavy atom. The molecule has 4 N–H and O–H groups in total. The topological polar surface area (TPSA) is 72.7 Å². The quantitative estimate of drug-likeness (QED) is 0.322. The van der Waals surface area contributed by atoms with E-state index in [-0.39, 0.29) is 6.04 Å². The first-order valence-electron chi connectivity index (χ1n) is 3.40. The van der Waals surface area contributed by atoms with Crippen LogP contribution < -0.4 is 5.32 Å². The van der Waals surface area contributed by atoms with Crippen molar-refractivity contribution < 1.29 is 15.3 Å². The smallest absolute Gasteiger partial charge is 0.108 e. The summed E-state index contributed by atoms with van der Waals surface area (Å²) in [5, 5.41) is 30.1. The zero-order valence-corrected chi connectivity index (χ0v) is 5.86. The summed E-state index contributed by atoms with van der Waals surface area (Å²) in [5.74, 6) is 0. The fraction of sp³-hybridized carbons (Fsp3) is 1.00. The van der Waals surface area contributed by atoms with Crippen molar-refractivity contribution in [3.8, 4) is 0 Å². The van der Waals surface area contributed by atoms with Gasteiger partial charge in [0.15, 0.2) is 0 Å². The van der Waals surface area contributed by atoms with Gasteiger partial charge in [0.2, 0.25) is 0 Å². The predicted molar refractivity (Wildman–Crippen MR) is 35.5 cm³/mol. The highest BCUT2D eigenvalue weighted by atomic mass is 16.4. The van der Waals surface area contributed by atoms with E-state index in [0.29, 0.717) is 6.54 Å². The summed E-state index contributed by atoms with van der Waals surface area (Å²) in [6.07, 6.45) is -2.70. The summed E-state index contributed by atoms with van der Waals surface area (Å²) < 4.78 is 0. The zero-order chi connectivity index (χ0) is 7.72. The van der Waals surface area contributed by atoms with Crippen molar-refractivity contribution in [2.24, 2.45) is 0 Å². The van der Waals surface area contributed by atoms with Gasteiger partial charge in [0.05, 0.1) is 12.2 Å². The number of nitrogens with one attached hydrogen (secondary N) is 1. The summed E-state index contributed by atoms with van der Waals surface area (Å²) in [5.41, 5.74) is 0. The maximum absolute atomic E-state index is 9.14. The largest absolute Gasteiger partial charge is 0.389 e. The SMILES string of the molecule is CC1NC[C@H](O)[C@@H](O)[C@@H]1O. The van der Waals surface area contributed by atoms with Crippen molar-refractivity contribution in [2.45, 2.75) is 31.3 Å². The second-order valence-electron chi connectivity index (χ2n) is 2.75. The molecular weight excluding hydrogens is 134 g/mol. The minimum atomic E-state index is -1.00. The molecule has 1 fully saturated rings. The van der Waals surface area contributed by atoms with Gasteiger partial charge in [-0.15, -0.1) is 0 Å². The second-order valence-corrected chi connectivity index (χ2v) is 2.75. The van der Waals surface area contributed by atoms with Gasteiger partial charge in [0.1, 0.15) is 6.10 Å². The molecule has 0 bridgehead atoms. The van der Waals surface area contributed by atoms with Crippen LogP contribution in [0.1, 0.15) is 6.92 Å². The van der Waals surface area contributed by atoms with Crippen LogP contribution in [0.15, 0.2) is 0 Å². The van der Waals surface area contributed by atoms with Crippen LogP contribution in [-0.2, 0) is 0 Å². The van der Waals surface area contributed by atoms with E-state index < -0.39 is 18.3 Å². The molecule has 1 aliphatic heterocycles. The normalized spacial score (nSPS) is 49.2. The molecule has 0 amide bonds. The summed E-state index contributed by atoms with van der Waals surface area (Å²) in [6, 6.07) is -0.140. The van der Waals surface area contributed by atoms with Gasteiger partial charge >= 0.3 is 0 Å². The van der Waals surface area contributed by atoms with E-state index in [1.807, 2.05) is 0 Å². The average Bonchev–Trinajstić information content (AvgIpc) is 1.93. The van der Waals surface area contributed by atoms with Crippen LogP contribution in [-0.4, -0.2) is 46.2 Å². The number of rotatable bonds is 0. The van der Waals surface area contributed by atoms with Crippen molar-refractivity contribution in [1.29, 1.82) is 0 Å². The molecule has 0 saturated carbocycles. The number of aliphatic hydroxyl groups is 3. The molecule has 0 radical (unpaired) electrons. The van der Waals surface area contributed by atoms with Crippen molar-refractivity contribution in [3.05, 3.63) is 0 Å². The lowest BCUT2D eigenvalue weighted by Gasteiger charge is -2.33. The van der Waals surface area contributed by atoms with E-state index in [9.17, 15) is 0 Å². The van der Waals surface area contributed by atoms with Crippen molar-refractivity contribution >= 4 is 0 Å². The first-order chi connectivity index (χ1) is 4.63. The molecule has 10 heavy (non-hydrogen) atoms. The molecule has 1 rings (SSSR count). The van der Waals surface area contributed by atoms with Crippen molar-refractivity contribution in [2.75, 3.05) is 6.54 Å². The van der Waals surface area contributed by atoms with E-state index in [0.717, 1.165) is 0 Å². The Kier molecular flexibility index (Phi) is 2.25. The van der Waals surface area contributed by atoms with E-state index in [1.54, 1.807) is 6.92 Å². The molecule has 1 unspecified atom stereocenters. The Balaban J connectivity index is 2.52. The van der Waals surface area contributed by atoms with E-state index in [1.165, 1.54) is 0 Å². The lowest BCUT2D eigenvalue weighted by molar-refractivity contribution is -0.0910. The first kappa shape index (κ1) is 7.94. The van der Waals surface area contributed by atoms with Gasteiger partial charge in [-0.2, -0.15) is 0 Å². The van der Waals surface area contributed by atoms with Crippen molar-refractivity contribution in [3.63, 3.8) is 0 Å². The highest BCUT2D eigenvalue weighted by Crippen LogP contribution is 2.09. The lowest BCUT2D eigenvalue weighted by Crippen LogP contribution is -2.58. The monoisotopic (exact) mass is 147 g/mol. The summed E-state index contributed by atoms with van der Waals surface area (Å²) in [7, 11) is 0. The molecule has 4 heteroatoms. The molecule has 4 nitrogen and oxygen atoms in total. The average molecular weight is 147 g/mol. The Bertz CT molecular complexity index is 106. The lowest BCUT2D eigenvalue weighted by atomic mass is 9.98. The number of β-amino-alcohol motifs (C(OH)–C–C–N with tert-alkyl or cyclic N) is 1. The van der Waals surface area contributed by atoms with Crippen LogP contribution >= 0.6 is 0 Å². The molecule has 0 aromatic carbocycles. The predicted octanol–water partition coefficient (Wildman–Crippen LogP) is -1.94. The fourth-order valence-electron chi connectivity index (χ4n) is 1.07. The second kappa shape index (κ2) is 2.84. The van der Waals surface area contributed by atoms with Gasteiger partial charge in [-0.05, 0) is 6.92 Å². The standard InChI is InChI=1S/C6H13NO3/c1-3-5(9)6(10)4(8)2-7-3/h3-10H,2H2,1H3/t3?,4-,5+,6+/m0/s1. The van der Waals surface area contributed by atoms with Crippen LogP contribution in [0, 0.1) is 0 Å². The Labute approximate surface area is 59.5 Å². The maximum atomic E-state index is 9.14. The maximum Gasteiger partial charge on any atom is 0.108 e. The highest BCUT2D eigenvalue weighted by Gasteiger charge is 2.33. The molecule has 0 aromatic rings. The summed E-state index contributed by atoms with van der Waals surface area (Å²) in [6.45, 7) is 2.11. The third kappa shape index (κ3) is 1.29. The van der Waals surface area contributed by atoms with Gasteiger partial charge in [-0.25, -0.2) is 0 Å². The van der Waals surface area contributed by atoms with E-state index in [2.05, 4.69) is 5.32 Å². The van der Waals surface area contributed by atoms with Crippen LogP contribution in [0.5, 0.6) is 0 Å². The van der Waals surface area contributed by atoms with Gasteiger partial charge in [0, 0.05) is 12.6 Å². The fourth-order valence-corrected chi connectivity index (χ4v) is 1.07. The number of hydrogen-bond acceptors (Lipinski definition) is 4. The van der Waals surface area contributed by atoms with Gasteiger partial charge < -0.3 is 20.6 Å². The number of piperidine rings is 1. The highest BCUT2D eigenvalue weighted by molar-refractivity contribution is 4.89. The molecule has 1 saturated heterocycles. The van der Waals surface area contributed by atoms with Crippen LogP contribution in [0.25, 0.3) is 0 Å². The number of hydrogen-bond donors (Lipinski definition) is 4. The molecule has 0 spiro atoms. The number of aliphatic hydroxyl groups excluding tert-OH is 3. The summed E-state index contributed by atoms with van der Waals surface area (Å²) >= 11 is 0. The molecule has 0 aliphatic carbocycles. The Morgan fingerprint density at radius 3 is 2.30 bits per heavy atom. The molecule has 60 valence electrons. The van der Waals surface area contributed by atoms with Gasteiger partial charge in [-0.1, -0.05) is 0 Å². The third-order valence-electron chi connectivity index (χ3n) is 1.91. The molecule has 1 aliphatic rings. The first-order valence-corrected chi connectivity index (χ1v) is 3.40. The molecule has 4 atom stereocenters. The minimum absolute atomic E-state index is 0.140. The van der Waals surface area contributed by atoms with Crippen LogP contribution in [0.3, 0.4) is 0 Å². The van der Waals surface area contributed by atoms with Crippen LogP contribution in [0.2, 0.25) is 0 Å². The van der Waals surface area contributed by atoms with Crippen LogP contribution in [0.4, 0.5) is 0 Å². The molecular formula is C6H13NO3. The van der Waals surface area contributed by atoms with Crippen molar-refractivity contribution in [1.82, 2.24) is 5.32 Å². The Hall–Kier alpha value is -0.160. The third-order valence-corrected chi connectivity index (χ3v) is 1.91. The Morgan fingerprint density at radius 1 is 1.20 bits per heavy atom. The zero-order valence-electron chi connectivity index (χ0n) is 5.86. The minimum Gasteiger partial charge on any atom is -0.389 e. The molecule has 0 aromatic heterocycles. The van der Waals surface area contributed by atoms with Gasteiger partial charge in [-0.3, -0.25) is 0 Å². The van der Waals surface area contributed by atoms with E-state index >= 15 is 0 Å². The summed E-state index contributed by atoms with van der Waals surface area (Å²) in [4.78, 5) is 0. The van der Waals surface area contributed by atoms with E-state index in [4.69, 9.17) is 15.3 Å². The van der Waals surface area contributed by atoms with Gasteiger partial charge in [0.25, 0.3) is 0 Å².